The summed E-state index contributed by atoms with van der Waals surface area (Å²) in [5.74, 6) is 0.842. The van der Waals surface area contributed by atoms with Crippen molar-refractivity contribution in [1.29, 1.82) is 0 Å². The van der Waals surface area contributed by atoms with Crippen molar-refractivity contribution in [3.05, 3.63) is 149 Å². The van der Waals surface area contributed by atoms with Crippen LogP contribution in [0, 0.1) is 18.7 Å². The van der Waals surface area contributed by atoms with Gasteiger partial charge in [0.2, 0.25) is 0 Å². The lowest BCUT2D eigenvalue weighted by Crippen LogP contribution is -2.20. The molecule has 1 fully saturated rings. The number of hydrogen-bond donors (Lipinski definition) is 4. The Labute approximate surface area is 268 Å². The van der Waals surface area contributed by atoms with Gasteiger partial charge in [-0.3, -0.25) is 4.99 Å². The lowest BCUT2D eigenvalue weighted by molar-refractivity contribution is 0.393. The first kappa shape index (κ1) is 35.0. The average molecular weight is 609 g/mol. The van der Waals surface area contributed by atoms with Crippen LogP contribution in [0.2, 0.25) is 0 Å². The number of H-pyrrole nitrogens is 1. The summed E-state index contributed by atoms with van der Waals surface area (Å²) >= 11 is 0. The summed E-state index contributed by atoms with van der Waals surface area (Å²) in [6.07, 6.45) is 17.7. The van der Waals surface area contributed by atoms with E-state index in [9.17, 15) is 4.39 Å². The number of nitrogens with one attached hydrogen (secondary N) is 3. The molecule has 238 valence electrons. The molecular formula is C38H49FN6. The molecule has 1 heterocycles. The zero-order valence-corrected chi connectivity index (χ0v) is 27.4. The zero-order valence-electron chi connectivity index (χ0n) is 27.4. The van der Waals surface area contributed by atoms with Gasteiger partial charge in [-0.05, 0) is 105 Å². The van der Waals surface area contributed by atoms with E-state index >= 15 is 0 Å². The quantitative estimate of drug-likeness (QED) is 0.121. The van der Waals surface area contributed by atoms with Gasteiger partial charge in [0.25, 0.3) is 0 Å². The van der Waals surface area contributed by atoms with Crippen LogP contribution in [0.15, 0.2) is 120 Å². The maximum Gasteiger partial charge on any atom is 0.124 e. The highest BCUT2D eigenvalue weighted by Crippen LogP contribution is 2.29. The third-order valence-corrected chi connectivity index (χ3v) is 7.99. The van der Waals surface area contributed by atoms with Crippen molar-refractivity contribution in [2.24, 2.45) is 16.6 Å². The molecule has 1 aliphatic rings. The molecule has 1 aromatic carbocycles. The molecule has 0 spiro atoms. The average Bonchev–Trinajstić information content (AvgIpc) is 3.40. The van der Waals surface area contributed by atoms with E-state index in [2.05, 4.69) is 46.9 Å². The smallest absolute Gasteiger partial charge is 0.124 e. The zero-order chi connectivity index (χ0) is 32.9. The molecule has 2 aromatic rings. The second kappa shape index (κ2) is 17.1. The Morgan fingerprint density at radius 1 is 1.11 bits per heavy atom. The number of benzene rings is 1. The van der Waals surface area contributed by atoms with Gasteiger partial charge in [0.05, 0.1) is 5.71 Å². The summed E-state index contributed by atoms with van der Waals surface area (Å²) in [6, 6.07) is 4.88. The number of halogens is 1. The Morgan fingerprint density at radius 3 is 2.47 bits per heavy atom. The van der Waals surface area contributed by atoms with Crippen LogP contribution in [-0.4, -0.2) is 22.7 Å². The minimum absolute atomic E-state index is 0.338. The van der Waals surface area contributed by atoms with Gasteiger partial charge in [0, 0.05) is 47.5 Å². The van der Waals surface area contributed by atoms with E-state index < -0.39 is 0 Å². The molecule has 1 aliphatic carbocycles. The van der Waals surface area contributed by atoms with Gasteiger partial charge < -0.3 is 21.4 Å². The summed E-state index contributed by atoms with van der Waals surface area (Å²) in [5.41, 5.74) is 15.0. The van der Waals surface area contributed by atoms with Crippen LogP contribution >= 0.6 is 0 Å². The van der Waals surface area contributed by atoms with Crippen molar-refractivity contribution >= 4 is 5.71 Å². The van der Waals surface area contributed by atoms with Crippen molar-refractivity contribution in [3.63, 3.8) is 0 Å². The van der Waals surface area contributed by atoms with Gasteiger partial charge in [-0.25, -0.2) is 9.37 Å². The van der Waals surface area contributed by atoms with E-state index in [4.69, 9.17) is 10.7 Å². The van der Waals surface area contributed by atoms with E-state index in [1.807, 2.05) is 64.3 Å². The SMILES string of the molecule is C=CN=C(c1cc(F)cc(CNC)c1)c1nc(CC(=C/C(=C)C(/C=C(\C=C)NC(=C)C2CCCCC2)=C/C)/C(N)=C\C)[nH]c1C. The lowest BCUT2D eigenvalue weighted by Gasteiger charge is -2.25. The van der Waals surface area contributed by atoms with Crippen LogP contribution < -0.4 is 16.4 Å². The normalized spacial score (nSPS) is 15.6. The van der Waals surface area contributed by atoms with Crippen molar-refractivity contribution < 1.29 is 4.39 Å². The van der Waals surface area contributed by atoms with Gasteiger partial charge in [0.1, 0.15) is 17.3 Å². The molecule has 0 bridgehead atoms. The molecule has 0 aliphatic heterocycles. The molecule has 7 heteroatoms. The largest absolute Gasteiger partial charge is 0.399 e. The van der Waals surface area contributed by atoms with E-state index in [1.165, 1.54) is 50.4 Å². The molecule has 3 rings (SSSR count). The third kappa shape index (κ3) is 9.75. The standard InChI is InChI=1S/C38H49FN6/c1-9-29(22-34(10-2)43-26(6)30-16-14-13-15-17-30)25(5)18-31(35(40)11-3)23-36-44-27(7)37(45-36)38(42-12-4)32-19-28(24-41-8)20-33(39)21-32/h9-12,18-22,30,41,43H,2,4-6,13-17,23-24,40H2,1,3,7-8H3,(H,44,45)/b29-9+,31-18-,34-22+,35-11+,42-38?. The second-order valence-corrected chi connectivity index (χ2v) is 11.3. The Morgan fingerprint density at radius 2 is 1.84 bits per heavy atom. The monoisotopic (exact) mass is 608 g/mol. The van der Waals surface area contributed by atoms with E-state index in [-0.39, 0.29) is 5.82 Å². The molecule has 1 aromatic heterocycles. The molecule has 0 amide bonds. The number of aryl methyl sites for hydroxylation is 1. The topological polar surface area (TPSA) is 91.1 Å². The van der Waals surface area contributed by atoms with E-state index in [1.54, 1.807) is 0 Å². The van der Waals surface area contributed by atoms with Crippen molar-refractivity contribution in [2.75, 3.05) is 7.05 Å². The van der Waals surface area contributed by atoms with Gasteiger partial charge in [-0.2, -0.15) is 0 Å². The van der Waals surface area contributed by atoms with E-state index in [0.717, 1.165) is 39.4 Å². The van der Waals surface area contributed by atoms with Crippen LogP contribution in [0.25, 0.3) is 0 Å². The molecule has 0 saturated heterocycles. The number of imidazole rings is 1. The number of nitrogens with two attached hydrogens (primary N) is 1. The van der Waals surface area contributed by atoms with Crippen molar-refractivity contribution in [1.82, 2.24) is 20.6 Å². The Hall–Kier alpha value is -4.49. The van der Waals surface area contributed by atoms with Crippen LogP contribution in [0.3, 0.4) is 0 Å². The van der Waals surface area contributed by atoms with Crippen LogP contribution in [0.5, 0.6) is 0 Å². The molecule has 0 atom stereocenters. The summed E-state index contributed by atoms with van der Waals surface area (Å²) in [7, 11) is 1.82. The predicted octanol–water partition coefficient (Wildman–Crippen LogP) is 8.14. The molecule has 5 N–H and O–H groups in total. The first-order valence-corrected chi connectivity index (χ1v) is 15.6. The van der Waals surface area contributed by atoms with Crippen molar-refractivity contribution in [2.45, 2.75) is 65.8 Å². The van der Waals surface area contributed by atoms with Gasteiger partial charge in [-0.1, -0.05) is 57.7 Å². The Bertz CT molecular complexity index is 1560. The van der Waals surface area contributed by atoms with Gasteiger partial charge in [-0.15, -0.1) is 0 Å². The maximum atomic E-state index is 14.5. The summed E-state index contributed by atoms with van der Waals surface area (Å²) in [4.78, 5) is 12.8. The molecule has 1 saturated carbocycles. The molecule has 45 heavy (non-hydrogen) atoms. The summed E-state index contributed by atoms with van der Waals surface area (Å²) in [5, 5.41) is 6.56. The minimum atomic E-state index is -0.338. The summed E-state index contributed by atoms with van der Waals surface area (Å²) < 4.78 is 14.5. The van der Waals surface area contributed by atoms with E-state index in [0.29, 0.717) is 47.4 Å². The predicted molar refractivity (Wildman–Crippen MR) is 188 cm³/mol. The fraction of sp³-hybridized carbons (Fsp3) is 0.316. The first-order valence-electron chi connectivity index (χ1n) is 15.6. The third-order valence-electron chi connectivity index (χ3n) is 7.99. The number of rotatable bonds is 15. The number of hydrogen-bond acceptors (Lipinski definition) is 5. The van der Waals surface area contributed by atoms with Crippen LogP contribution in [0.4, 0.5) is 4.39 Å². The minimum Gasteiger partial charge on any atom is -0.399 e. The highest BCUT2D eigenvalue weighted by molar-refractivity contribution is 6.12. The number of aliphatic imine (C=N–C) groups is 1. The first-order chi connectivity index (χ1) is 21.6. The summed E-state index contributed by atoms with van der Waals surface area (Å²) in [6.45, 7) is 22.8. The number of allylic oxidation sites excluding steroid dienone is 9. The molecule has 0 radical (unpaired) electrons. The lowest BCUT2D eigenvalue weighted by atomic mass is 9.87. The number of aromatic amines is 1. The highest BCUT2D eigenvalue weighted by Gasteiger charge is 2.19. The fourth-order valence-corrected chi connectivity index (χ4v) is 5.60. The van der Waals surface area contributed by atoms with Crippen LogP contribution in [-0.2, 0) is 13.0 Å². The molecule has 6 nitrogen and oxygen atoms in total. The van der Waals surface area contributed by atoms with Gasteiger partial charge >= 0.3 is 0 Å². The number of nitrogens with zero attached hydrogens (tertiary/aromatic N) is 2. The van der Waals surface area contributed by atoms with Gasteiger partial charge in [0.15, 0.2) is 0 Å². The Balaban J connectivity index is 1.90. The Kier molecular flexibility index (Phi) is 13.3. The van der Waals surface area contributed by atoms with Crippen LogP contribution in [0.1, 0.15) is 74.3 Å². The second-order valence-electron chi connectivity index (χ2n) is 11.3. The molecule has 0 unspecified atom stereocenters. The number of aromatic nitrogens is 2. The van der Waals surface area contributed by atoms with Crippen molar-refractivity contribution in [3.8, 4) is 0 Å². The fourth-order valence-electron chi connectivity index (χ4n) is 5.60. The molecular weight excluding hydrogens is 559 g/mol. The maximum absolute atomic E-state index is 14.5. The highest BCUT2D eigenvalue weighted by atomic mass is 19.1.